The first-order valence-electron chi connectivity index (χ1n) is 12.2. The number of rotatable bonds is 12. The molecule has 35 heavy (non-hydrogen) atoms. The number of nitrogens with one attached hydrogen (secondary N) is 3. The van der Waals surface area contributed by atoms with Gasteiger partial charge in [-0.05, 0) is 38.3 Å². The van der Waals surface area contributed by atoms with E-state index in [-0.39, 0.29) is 24.9 Å². The summed E-state index contributed by atoms with van der Waals surface area (Å²) in [6.45, 7) is 3.64. The maximum atomic E-state index is 10.9. The van der Waals surface area contributed by atoms with Gasteiger partial charge in [0.25, 0.3) is 0 Å². The van der Waals surface area contributed by atoms with Gasteiger partial charge >= 0.3 is 0 Å². The number of aliphatic hydroxyl groups excluding tert-OH is 3. The van der Waals surface area contributed by atoms with Gasteiger partial charge < -0.3 is 45.2 Å². The number of benzene rings is 1. The van der Waals surface area contributed by atoms with Crippen LogP contribution in [0, 0.1) is 5.92 Å². The fraction of sp³-hybridized carbons (Fsp3) is 0.640. The second kappa shape index (κ2) is 15.7. The summed E-state index contributed by atoms with van der Waals surface area (Å²) in [5.41, 5.74) is 10.7. The van der Waals surface area contributed by atoms with Gasteiger partial charge in [-0.25, -0.2) is 0 Å². The summed E-state index contributed by atoms with van der Waals surface area (Å²) in [6, 6.07) is 7.85. The van der Waals surface area contributed by atoms with Crippen LogP contribution in [-0.4, -0.2) is 66.0 Å². The van der Waals surface area contributed by atoms with Crippen molar-refractivity contribution in [3.05, 3.63) is 36.0 Å². The van der Waals surface area contributed by atoms with Crippen LogP contribution < -0.4 is 21.1 Å². The monoisotopic (exact) mass is 495 g/mol. The van der Waals surface area contributed by atoms with E-state index in [4.69, 9.17) is 14.2 Å². The van der Waals surface area contributed by atoms with Gasteiger partial charge in [-0.15, -0.1) is 0 Å². The number of ether oxygens (including phenoxy) is 3. The number of ketones is 1. The molecule has 10 heteroatoms. The van der Waals surface area contributed by atoms with Gasteiger partial charge in [0.05, 0.1) is 38.2 Å². The summed E-state index contributed by atoms with van der Waals surface area (Å²) < 4.78 is 16.1. The van der Waals surface area contributed by atoms with Crippen LogP contribution in [0.25, 0.3) is 5.70 Å². The van der Waals surface area contributed by atoms with Gasteiger partial charge in [-0.2, -0.15) is 5.53 Å². The molecule has 0 spiro atoms. The number of hydrazine groups is 2. The lowest BCUT2D eigenvalue weighted by atomic mass is 9.89. The van der Waals surface area contributed by atoms with Crippen molar-refractivity contribution in [3.8, 4) is 5.75 Å². The Kier molecular flexibility index (Phi) is 13.0. The Balaban J connectivity index is 0.000000279. The second-order valence-corrected chi connectivity index (χ2v) is 8.80. The summed E-state index contributed by atoms with van der Waals surface area (Å²) in [6.07, 6.45) is 3.30. The molecule has 1 saturated heterocycles. The van der Waals surface area contributed by atoms with Gasteiger partial charge in [-0.1, -0.05) is 31.9 Å². The molecule has 10 nitrogen and oxygen atoms in total. The third-order valence-corrected chi connectivity index (χ3v) is 5.97. The first kappa shape index (κ1) is 29.0. The fourth-order valence-corrected chi connectivity index (χ4v) is 3.79. The third kappa shape index (κ3) is 10.1. The number of carbonyl (C=O) groups excluding carboxylic acids is 1. The van der Waals surface area contributed by atoms with E-state index in [1.165, 1.54) is 0 Å². The highest BCUT2D eigenvalue weighted by molar-refractivity contribution is 5.75. The van der Waals surface area contributed by atoms with Crippen LogP contribution in [0.1, 0.15) is 57.9 Å². The van der Waals surface area contributed by atoms with Crippen LogP contribution in [0.15, 0.2) is 30.5 Å². The van der Waals surface area contributed by atoms with Crippen LogP contribution in [-0.2, 0) is 14.3 Å². The second-order valence-electron chi connectivity index (χ2n) is 8.80. The molecule has 5 unspecified atom stereocenters. The Hall–Kier alpha value is -2.21. The predicted molar refractivity (Wildman–Crippen MR) is 132 cm³/mol. The van der Waals surface area contributed by atoms with Gasteiger partial charge in [0.2, 0.25) is 0 Å². The van der Waals surface area contributed by atoms with E-state index in [0.717, 1.165) is 36.3 Å². The fourth-order valence-electron chi connectivity index (χ4n) is 3.79. The zero-order chi connectivity index (χ0) is 25.6. The van der Waals surface area contributed by atoms with Crippen molar-refractivity contribution >= 4 is 11.5 Å². The first-order chi connectivity index (χ1) is 16.8. The van der Waals surface area contributed by atoms with Crippen molar-refractivity contribution in [2.24, 2.45) is 5.92 Å². The number of hydrogen-bond acceptors (Lipinski definition) is 10. The summed E-state index contributed by atoms with van der Waals surface area (Å²) in [5, 5.41) is 29.5. The SMILES string of the molecule is CCC(O)COC1OCC(O)C(O)C1CCCCCC(C)=O.COc1cccc(C2=CNNN2)c1. The van der Waals surface area contributed by atoms with Crippen molar-refractivity contribution < 1.29 is 34.3 Å². The smallest absolute Gasteiger partial charge is 0.163 e. The lowest BCUT2D eigenvalue weighted by molar-refractivity contribution is -0.257. The number of methoxy groups -OCH3 is 1. The van der Waals surface area contributed by atoms with E-state index in [0.29, 0.717) is 19.3 Å². The highest BCUT2D eigenvalue weighted by Crippen LogP contribution is 2.28. The lowest BCUT2D eigenvalue weighted by Crippen LogP contribution is -2.50. The quantitative estimate of drug-likeness (QED) is 0.237. The molecule has 1 fully saturated rings. The van der Waals surface area contributed by atoms with Gasteiger partial charge in [0.1, 0.15) is 17.6 Å². The summed E-state index contributed by atoms with van der Waals surface area (Å²) in [7, 11) is 1.66. The van der Waals surface area contributed by atoms with Crippen LogP contribution in [0.3, 0.4) is 0 Å². The molecule has 0 radical (unpaired) electrons. The number of unbranched alkanes of at least 4 members (excludes halogenated alkanes) is 2. The zero-order valence-electron chi connectivity index (χ0n) is 20.9. The highest BCUT2D eigenvalue weighted by atomic mass is 16.7. The van der Waals surface area contributed by atoms with E-state index in [9.17, 15) is 20.1 Å². The number of Topliss-reactive ketones (excluding diaryl/α,β-unsaturated/α-hetero) is 1. The Morgan fingerprint density at radius 3 is 2.71 bits per heavy atom. The molecule has 0 aliphatic carbocycles. The topological polar surface area (TPSA) is 142 Å². The molecule has 3 rings (SSSR count). The summed E-state index contributed by atoms with van der Waals surface area (Å²) in [4.78, 5) is 10.9. The van der Waals surface area contributed by atoms with E-state index in [1.807, 2.05) is 37.4 Å². The van der Waals surface area contributed by atoms with E-state index < -0.39 is 24.6 Å². The average molecular weight is 496 g/mol. The van der Waals surface area contributed by atoms with E-state index >= 15 is 0 Å². The van der Waals surface area contributed by atoms with E-state index in [1.54, 1.807) is 14.0 Å². The van der Waals surface area contributed by atoms with Crippen molar-refractivity contribution in [2.75, 3.05) is 20.3 Å². The van der Waals surface area contributed by atoms with Gasteiger partial charge in [-0.3, -0.25) is 0 Å². The molecule has 5 atom stereocenters. The largest absolute Gasteiger partial charge is 0.497 e. The Labute approximate surface area is 207 Å². The maximum absolute atomic E-state index is 10.9. The molecule has 1 aromatic carbocycles. The van der Waals surface area contributed by atoms with Crippen molar-refractivity contribution in [1.29, 1.82) is 0 Å². The molecule has 6 N–H and O–H groups in total. The van der Waals surface area contributed by atoms with Crippen LogP contribution >= 0.6 is 0 Å². The Morgan fingerprint density at radius 2 is 2.06 bits per heavy atom. The third-order valence-electron chi connectivity index (χ3n) is 5.97. The molecule has 0 saturated carbocycles. The molecule has 0 bridgehead atoms. The Morgan fingerprint density at radius 1 is 1.26 bits per heavy atom. The van der Waals surface area contributed by atoms with Crippen molar-refractivity contribution in [1.82, 2.24) is 16.4 Å². The van der Waals surface area contributed by atoms with Crippen molar-refractivity contribution in [3.63, 3.8) is 0 Å². The van der Waals surface area contributed by atoms with Crippen LogP contribution in [0.5, 0.6) is 5.75 Å². The molecule has 1 aromatic rings. The molecular weight excluding hydrogens is 454 g/mol. The van der Waals surface area contributed by atoms with Gasteiger partial charge in [0, 0.05) is 24.1 Å². The minimum Gasteiger partial charge on any atom is -0.497 e. The predicted octanol–water partition coefficient (Wildman–Crippen LogP) is 1.61. The Bertz CT molecular complexity index is 792. The summed E-state index contributed by atoms with van der Waals surface area (Å²) in [5.74, 6) is 0.725. The molecule has 2 aliphatic heterocycles. The van der Waals surface area contributed by atoms with Crippen LogP contribution in [0.2, 0.25) is 0 Å². The zero-order valence-corrected chi connectivity index (χ0v) is 20.9. The molecule has 198 valence electrons. The lowest BCUT2D eigenvalue weighted by Gasteiger charge is -2.38. The van der Waals surface area contributed by atoms with Crippen LogP contribution in [0.4, 0.5) is 0 Å². The summed E-state index contributed by atoms with van der Waals surface area (Å²) >= 11 is 0. The normalized spacial score (nSPS) is 24.3. The minimum atomic E-state index is -0.904. The number of aliphatic hydroxyl groups is 3. The average Bonchev–Trinajstić information content (AvgIpc) is 3.41. The molecule has 2 heterocycles. The van der Waals surface area contributed by atoms with Gasteiger partial charge in [0.15, 0.2) is 6.29 Å². The number of hydrogen-bond donors (Lipinski definition) is 6. The maximum Gasteiger partial charge on any atom is 0.163 e. The molecule has 0 amide bonds. The van der Waals surface area contributed by atoms with Crippen molar-refractivity contribution in [2.45, 2.75) is 77.0 Å². The molecule has 2 aliphatic rings. The highest BCUT2D eigenvalue weighted by Gasteiger charge is 2.39. The minimum absolute atomic E-state index is 0.0366. The standard InChI is InChI=1S/C16H30O6.C9H11N3O/c1-3-12(18)9-21-16-13(15(20)14(19)10-22-16)8-6-4-5-7-11(2)17;1-13-8-4-2-3-7(5-8)9-6-10-12-11-9/h12-16,18-20H,3-10H2,1-2H3;2-6,10-12H,1H3. The first-order valence-corrected chi connectivity index (χ1v) is 12.2. The molecular formula is C25H41N3O7. The number of carbonyl (C=O) groups is 1. The van der Waals surface area contributed by atoms with E-state index in [2.05, 4.69) is 16.4 Å². The molecule has 0 aromatic heterocycles.